The van der Waals surface area contributed by atoms with Crippen molar-refractivity contribution in [1.29, 1.82) is 0 Å². The Hall–Kier alpha value is -1.01. The first-order chi connectivity index (χ1) is 8.58. The zero-order valence-corrected chi connectivity index (χ0v) is 11.5. The molecule has 7 heteroatoms. The van der Waals surface area contributed by atoms with E-state index in [9.17, 15) is 4.79 Å². The summed E-state index contributed by atoms with van der Waals surface area (Å²) < 4.78 is 0. The highest BCUT2D eigenvalue weighted by molar-refractivity contribution is 7.99. The maximum atomic E-state index is 10.8. The van der Waals surface area contributed by atoms with E-state index in [2.05, 4.69) is 9.97 Å². The molecule has 0 aromatic carbocycles. The van der Waals surface area contributed by atoms with Gasteiger partial charge >= 0.3 is 6.09 Å². The predicted octanol–water partition coefficient (Wildman–Crippen LogP) is 2.67. The molecule has 1 aromatic rings. The molecule has 5 nitrogen and oxygen atoms in total. The maximum Gasteiger partial charge on any atom is 0.407 e. The fraction of sp³-hybridized carbons (Fsp3) is 0.545. The van der Waals surface area contributed by atoms with E-state index < -0.39 is 6.09 Å². The molecule has 1 amide bonds. The van der Waals surface area contributed by atoms with Crippen molar-refractivity contribution < 1.29 is 9.90 Å². The lowest BCUT2D eigenvalue weighted by molar-refractivity contribution is 0.136. The summed E-state index contributed by atoms with van der Waals surface area (Å²) >= 11 is 7.61. The summed E-state index contributed by atoms with van der Waals surface area (Å²) in [5, 5.41) is 10.6. The SMILES string of the molecule is Cc1c(Cl)ncnc1SC1CCN(C(=O)O)CC1. The normalized spacial score (nSPS) is 16.9. The van der Waals surface area contributed by atoms with E-state index in [0.29, 0.717) is 23.5 Å². The molecule has 0 atom stereocenters. The Morgan fingerprint density at radius 3 is 2.78 bits per heavy atom. The highest BCUT2D eigenvalue weighted by atomic mass is 35.5. The van der Waals surface area contributed by atoms with Gasteiger partial charge < -0.3 is 10.0 Å². The molecule has 1 saturated heterocycles. The lowest BCUT2D eigenvalue weighted by Crippen LogP contribution is -2.38. The second-order valence-electron chi connectivity index (χ2n) is 4.18. The highest BCUT2D eigenvalue weighted by Gasteiger charge is 2.23. The minimum Gasteiger partial charge on any atom is -0.465 e. The number of carboxylic acid groups (broad SMARTS) is 1. The van der Waals surface area contributed by atoms with Gasteiger partial charge in [0, 0.05) is 23.9 Å². The van der Waals surface area contributed by atoms with Crippen molar-refractivity contribution in [3.8, 4) is 0 Å². The Kier molecular flexibility index (Phi) is 4.29. The third-order valence-electron chi connectivity index (χ3n) is 2.97. The lowest BCUT2D eigenvalue weighted by Gasteiger charge is -2.29. The number of amides is 1. The first-order valence-electron chi connectivity index (χ1n) is 5.69. The van der Waals surface area contributed by atoms with Crippen LogP contribution in [0.5, 0.6) is 0 Å². The molecule has 2 rings (SSSR count). The van der Waals surface area contributed by atoms with Crippen molar-refractivity contribution in [3.63, 3.8) is 0 Å². The molecule has 0 radical (unpaired) electrons. The maximum absolute atomic E-state index is 10.8. The van der Waals surface area contributed by atoms with Crippen LogP contribution in [0.3, 0.4) is 0 Å². The van der Waals surface area contributed by atoms with Gasteiger partial charge in [0.1, 0.15) is 16.5 Å². The Morgan fingerprint density at radius 2 is 2.17 bits per heavy atom. The summed E-state index contributed by atoms with van der Waals surface area (Å²) in [6.45, 7) is 3.08. The van der Waals surface area contributed by atoms with Gasteiger partial charge in [-0.3, -0.25) is 0 Å². The van der Waals surface area contributed by atoms with Crippen LogP contribution in [-0.4, -0.2) is 44.4 Å². The number of hydrogen-bond acceptors (Lipinski definition) is 4. The van der Waals surface area contributed by atoms with Gasteiger partial charge in [0.15, 0.2) is 0 Å². The average Bonchev–Trinajstić information content (AvgIpc) is 2.36. The van der Waals surface area contributed by atoms with Gasteiger partial charge in [-0.05, 0) is 19.8 Å². The zero-order valence-electron chi connectivity index (χ0n) is 9.97. The molecule has 18 heavy (non-hydrogen) atoms. The zero-order chi connectivity index (χ0) is 13.1. The van der Waals surface area contributed by atoms with E-state index in [1.54, 1.807) is 11.8 Å². The van der Waals surface area contributed by atoms with Crippen LogP contribution in [0.2, 0.25) is 5.15 Å². The molecule has 1 aliphatic rings. The molecule has 0 aliphatic carbocycles. The topological polar surface area (TPSA) is 66.3 Å². The number of piperidine rings is 1. The van der Waals surface area contributed by atoms with E-state index in [1.165, 1.54) is 11.2 Å². The van der Waals surface area contributed by atoms with Gasteiger partial charge in [-0.2, -0.15) is 0 Å². The van der Waals surface area contributed by atoms with Crippen LogP contribution in [0.4, 0.5) is 4.79 Å². The van der Waals surface area contributed by atoms with E-state index in [-0.39, 0.29) is 0 Å². The molecular weight excluding hydrogens is 274 g/mol. The van der Waals surface area contributed by atoms with E-state index in [4.69, 9.17) is 16.7 Å². The van der Waals surface area contributed by atoms with Crippen LogP contribution in [0.15, 0.2) is 11.4 Å². The lowest BCUT2D eigenvalue weighted by atomic mass is 10.1. The van der Waals surface area contributed by atoms with Crippen LogP contribution in [-0.2, 0) is 0 Å². The smallest absolute Gasteiger partial charge is 0.407 e. The molecule has 1 aliphatic heterocycles. The van der Waals surface area contributed by atoms with Crippen LogP contribution in [0.1, 0.15) is 18.4 Å². The summed E-state index contributed by atoms with van der Waals surface area (Å²) in [6.07, 6.45) is 2.32. The summed E-state index contributed by atoms with van der Waals surface area (Å²) in [5.41, 5.74) is 0.893. The number of halogens is 1. The van der Waals surface area contributed by atoms with Gasteiger partial charge in [0.05, 0.1) is 0 Å². The molecule has 1 N–H and O–H groups in total. The largest absolute Gasteiger partial charge is 0.465 e. The Labute approximate surface area is 115 Å². The summed E-state index contributed by atoms with van der Waals surface area (Å²) in [5.74, 6) is 0. The van der Waals surface area contributed by atoms with Crippen molar-refractivity contribution >= 4 is 29.5 Å². The minimum atomic E-state index is -0.834. The number of aromatic nitrogens is 2. The third-order valence-corrected chi connectivity index (χ3v) is 4.79. The molecule has 1 fully saturated rings. The van der Waals surface area contributed by atoms with Crippen molar-refractivity contribution in [2.75, 3.05) is 13.1 Å². The molecule has 0 saturated carbocycles. The Balaban J connectivity index is 1.96. The highest BCUT2D eigenvalue weighted by Crippen LogP contribution is 2.32. The van der Waals surface area contributed by atoms with Crippen LogP contribution < -0.4 is 0 Å². The Bertz CT molecular complexity index is 450. The van der Waals surface area contributed by atoms with E-state index >= 15 is 0 Å². The molecule has 98 valence electrons. The first-order valence-corrected chi connectivity index (χ1v) is 6.95. The summed E-state index contributed by atoms with van der Waals surface area (Å²) in [4.78, 5) is 20.4. The molecule has 0 spiro atoms. The molecule has 2 heterocycles. The molecule has 1 aromatic heterocycles. The predicted molar refractivity (Wildman–Crippen MR) is 70.3 cm³/mol. The fourth-order valence-corrected chi connectivity index (χ4v) is 3.19. The average molecular weight is 288 g/mol. The minimum absolute atomic E-state index is 0.394. The van der Waals surface area contributed by atoms with Crippen molar-refractivity contribution in [3.05, 3.63) is 17.0 Å². The molecular formula is C11H14ClN3O2S. The van der Waals surface area contributed by atoms with Crippen molar-refractivity contribution in [1.82, 2.24) is 14.9 Å². The molecule has 0 unspecified atom stereocenters. The van der Waals surface area contributed by atoms with Gasteiger partial charge in [-0.1, -0.05) is 11.6 Å². The van der Waals surface area contributed by atoms with E-state index in [0.717, 1.165) is 23.4 Å². The van der Waals surface area contributed by atoms with Crippen LogP contribution in [0, 0.1) is 6.92 Å². The van der Waals surface area contributed by atoms with Gasteiger partial charge in [-0.25, -0.2) is 14.8 Å². The van der Waals surface area contributed by atoms with Gasteiger partial charge in [-0.15, -0.1) is 11.8 Å². The van der Waals surface area contributed by atoms with E-state index in [1.807, 2.05) is 6.92 Å². The third kappa shape index (κ3) is 3.05. The monoisotopic (exact) mass is 287 g/mol. The first kappa shape index (κ1) is 13.4. The van der Waals surface area contributed by atoms with Crippen molar-refractivity contribution in [2.24, 2.45) is 0 Å². The number of rotatable bonds is 2. The number of carbonyl (C=O) groups is 1. The van der Waals surface area contributed by atoms with Gasteiger partial charge in [0.25, 0.3) is 0 Å². The standard InChI is InChI=1S/C11H14ClN3O2S/c1-7-9(12)13-6-14-10(7)18-8-2-4-15(5-3-8)11(16)17/h6,8H,2-5H2,1H3,(H,16,17). The number of hydrogen-bond donors (Lipinski definition) is 1. The summed E-state index contributed by atoms with van der Waals surface area (Å²) in [7, 11) is 0. The van der Waals surface area contributed by atoms with Crippen LogP contribution in [0.25, 0.3) is 0 Å². The second kappa shape index (κ2) is 5.75. The Morgan fingerprint density at radius 1 is 1.50 bits per heavy atom. The molecule has 0 bridgehead atoms. The van der Waals surface area contributed by atoms with Crippen molar-refractivity contribution in [2.45, 2.75) is 30.0 Å². The number of thioether (sulfide) groups is 1. The summed E-state index contributed by atoms with van der Waals surface area (Å²) in [6, 6.07) is 0. The van der Waals surface area contributed by atoms with Gasteiger partial charge in [0.2, 0.25) is 0 Å². The second-order valence-corrected chi connectivity index (χ2v) is 5.83. The quantitative estimate of drug-likeness (QED) is 0.847. The van der Waals surface area contributed by atoms with Crippen LogP contribution >= 0.6 is 23.4 Å². The number of nitrogens with zero attached hydrogens (tertiary/aromatic N) is 3. The number of likely N-dealkylation sites (tertiary alicyclic amines) is 1. The fourth-order valence-electron chi connectivity index (χ4n) is 1.86.